The van der Waals surface area contributed by atoms with Gasteiger partial charge < -0.3 is 0 Å². The van der Waals surface area contributed by atoms with Gasteiger partial charge in [0.1, 0.15) is 0 Å². The summed E-state index contributed by atoms with van der Waals surface area (Å²) in [6.45, 7) is 0. The van der Waals surface area contributed by atoms with E-state index in [-0.39, 0.29) is 5.78 Å². The average molecular weight is 290 g/mol. The van der Waals surface area contributed by atoms with Gasteiger partial charge in [-0.2, -0.15) is 0 Å². The molecule has 0 aliphatic rings. The molecule has 0 amide bonds. The molecule has 1 aromatic heterocycles. The Balaban J connectivity index is 1.74. The third-order valence-electron chi connectivity index (χ3n) is 3.21. The van der Waals surface area contributed by atoms with Crippen LogP contribution in [-0.4, -0.2) is 5.78 Å². The molecule has 0 radical (unpaired) electrons. The summed E-state index contributed by atoms with van der Waals surface area (Å²) < 4.78 is 0. The van der Waals surface area contributed by atoms with Crippen LogP contribution in [0.25, 0.3) is 17.2 Å². The van der Waals surface area contributed by atoms with Gasteiger partial charge in [-0.25, -0.2) is 0 Å². The van der Waals surface area contributed by atoms with Crippen molar-refractivity contribution in [2.45, 2.75) is 0 Å². The van der Waals surface area contributed by atoms with Crippen molar-refractivity contribution in [3.8, 4) is 11.1 Å². The van der Waals surface area contributed by atoms with E-state index in [0.717, 1.165) is 10.4 Å². The second-order valence-electron chi connectivity index (χ2n) is 4.66. The number of thiophene rings is 1. The zero-order valence-electron chi connectivity index (χ0n) is 11.4. The van der Waals surface area contributed by atoms with Crippen molar-refractivity contribution in [3.05, 3.63) is 88.6 Å². The smallest absolute Gasteiger partial charge is 0.195 e. The Morgan fingerprint density at radius 3 is 2.19 bits per heavy atom. The van der Waals surface area contributed by atoms with Crippen molar-refractivity contribution in [2.24, 2.45) is 0 Å². The minimum atomic E-state index is 0.0529. The van der Waals surface area contributed by atoms with Crippen LogP contribution >= 0.6 is 11.3 Å². The third kappa shape index (κ3) is 3.36. The lowest BCUT2D eigenvalue weighted by Crippen LogP contribution is -1.88. The molecule has 0 saturated heterocycles. The molecule has 0 aliphatic carbocycles. The van der Waals surface area contributed by atoms with E-state index in [4.69, 9.17) is 0 Å². The topological polar surface area (TPSA) is 17.1 Å². The molecule has 2 aromatic carbocycles. The Morgan fingerprint density at radius 1 is 0.810 bits per heavy atom. The average Bonchev–Trinajstić information content (AvgIpc) is 3.08. The summed E-state index contributed by atoms with van der Waals surface area (Å²) in [4.78, 5) is 12.7. The number of hydrogen-bond acceptors (Lipinski definition) is 2. The molecule has 0 spiro atoms. The van der Waals surface area contributed by atoms with Crippen LogP contribution in [0.1, 0.15) is 15.2 Å². The Hall–Kier alpha value is -2.45. The van der Waals surface area contributed by atoms with Gasteiger partial charge >= 0.3 is 0 Å². The first-order chi connectivity index (χ1) is 10.3. The van der Waals surface area contributed by atoms with E-state index in [2.05, 4.69) is 24.3 Å². The minimum absolute atomic E-state index is 0.0529. The van der Waals surface area contributed by atoms with Gasteiger partial charge in [-0.05, 0) is 34.2 Å². The summed E-state index contributed by atoms with van der Waals surface area (Å²) >= 11 is 1.47. The van der Waals surface area contributed by atoms with Gasteiger partial charge in [-0.1, -0.05) is 66.7 Å². The summed E-state index contributed by atoms with van der Waals surface area (Å²) in [6.07, 6.45) is 3.49. The predicted octanol–water partition coefficient (Wildman–Crippen LogP) is 5.31. The first-order valence-electron chi connectivity index (χ1n) is 6.74. The van der Waals surface area contributed by atoms with Gasteiger partial charge in [0.05, 0.1) is 4.88 Å². The molecule has 3 aromatic rings. The molecule has 0 fully saturated rings. The van der Waals surface area contributed by atoms with Crippen molar-refractivity contribution >= 4 is 23.2 Å². The summed E-state index contributed by atoms with van der Waals surface area (Å²) in [5.41, 5.74) is 3.40. The van der Waals surface area contributed by atoms with Gasteiger partial charge in [0.25, 0.3) is 0 Å². The summed E-state index contributed by atoms with van der Waals surface area (Å²) in [5, 5.41) is 1.91. The highest BCUT2D eigenvalue weighted by atomic mass is 32.1. The highest BCUT2D eigenvalue weighted by Gasteiger charge is 2.01. The maximum Gasteiger partial charge on any atom is 0.195 e. The molecule has 0 N–H and O–H groups in total. The largest absolute Gasteiger partial charge is 0.288 e. The SMILES string of the molecule is O=C(/C=C\c1ccc(-c2ccccc2)cc1)c1cccs1. The molecule has 1 heterocycles. The number of carbonyl (C=O) groups excluding carboxylic acids is 1. The van der Waals surface area contributed by atoms with E-state index in [1.807, 2.05) is 53.9 Å². The van der Waals surface area contributed by atoms with E-state index < -0.39 is 0 Å². The van der Waals surface area contributed by atoms with Crippen molar-refractivity contribution in [1.29, 1.82) is 0 Å². The Morgan fingerprint density at radius 2 is 1.52 bits per heavy atom. The van der Waals surface area contributed by atoms with Gasteiger partial charge in [-0.3, -0.25) is 4.79 Å². The molecule has 0 unspecified atom stereocenters. The van der Waals surface area contributed by atoms with Gasteiger partial charge in [-0.15, -0.1) is 11.3 Å². The van der Waals surface area contributed by atoms with Crippen LogP contribution in [0, 0.1) is 0 Å². The van der Waals surface area contributed by atoms with Crippen molar-refractivity contribution in [3.63, 3.8) is 0 Å². The molecular weight excluding hydrogens is 276 g/mol. The van der Waals surface area contributed by atoms with Crippen LogP contribution in [-0.2, 0) is 0 Å². The molecule has 0 bridgehead atoms. The maximum atomic E-state index is 11.9. The first-order valence-corrected chi connectivity index (χ1v) is 7.62. The number of rotatable bonds is 4. The Bertz CT molecular complexity index is 738. The van der Waals surface area contributed by atoms with Crippen LogP contribution in [0.15, 0.2) is 78.2 Å². The summed E-state index contributed by atoms with van der Waals surface area (Å²) in [7, 11) is 0. The van der Waals surface area contributed by atoms with Crippen LogP contribution < -0.4 is 0 Å². The van der Waals surface area contributed by atoms with E-state index in [9.17, 15) is 4.79 Å². The zero-order valence-corrected chi connectivity index (χ0v) is 12.2. The van der Waals surface area contributed by atoms with Gasteiger partial charge in [0.2, 0.25) is 0 Å². The summed E-state index contributed by atoms with van der Waals surface area (Å²) in [6, 6.07) is 22.2. The van der Waals surface area contributed by atoms with E-state index in [1.54, 1.807) is 6.08 Å². The normalized spacial score (nSPS) is 10.9. The van der Waals surface area contributed by atoms with E-state index >= 15 is 0 Å². The van der Waals surface area contributed by atoms with Crippen LogP contribution in [0.5, 0.6) is 0 Å². The van der Waals surface area contributed by atoms with Crippen LogP contribution in [0.4, 0.5) is 0 Å². The molecule has 21 heavy (non-hydrogen) atoms. The molecule has 1 nitrogen and oxygen atoms in total. The van der Waals surface area contributed by atoms with Crippen molar-refractivity contribution < 1.29 is 4.79 Å². The lowest BCUT2D eigenvalue weighted by atomic mass is 10.0. The lowest BCUT2D eigenvalue weighted by Gasteiger charge is -2.01. The van der Waals surface area contributed by atoms with Gasteiger partial charge in [0.15, 0.2) is 5.78 Å². The second-order valence-corrected chi connectivity index (χ2v) is 5.61. The fourth-order valence-corrected chi connectivity index (χ4v) is 2.74. The third-order valence-corrected chi connectivity index (χ3v) is 4.09. The van der Waals surface area contributed by atoms with Crippen LogP contribution in [0.3, 0.4) is 0 Å². The number of carbonyl (C=O) groups is 1. The number of ketones is 1. The molecule has 0 aliphatic heterocycles. The molecule has 0 atom stereocenters. The molecule has 0 saturated carbocycles. The van der Waals surface area contributed by atoms with Gasteiger partial charge in [0, 0.05) is 0 Å². The fourth-order valence-electron chi connectivity index (χ4n) is 2.09. The van der Waals surface area contributed by atoms with E-state index in [1.165, 1.54) is 22.5 Å². The van der Waals surface area contributed by atoms with Crippen molar-refractivity contribution in [2.75, 3.05) is 0 Å². The molecule has 102 valence electrons. The molecule has 3 rings (SSSR count). The van der Waals surface area contributed by atoms with E-state index in [0.29, 0.717) is 0 Å². The standard InChI is InChI=1S/C19H14OS/c20-18(19-7-4-14-21-19)13-10-15-8-11-17(12-9-15)16-5-2-1-3-6-16/h1-14H/b13-10-. The quantitative estimate of drug-likeness (QED) is 0.470. The lowest BCUT2D eigenvalue weighted by molar-refractivity contribution is 0.105. The number of hydrogen-bond donors (Lipinski definition) is 0. The Labute approximate surface area is 128 Å². The number of allylic oxidation sites excluding steroid dienone is 1. The monoisotopic (exact) mass is 290 g/mol. The second kappa shape index (κ2) is 6.33. The fraction of sp³-hybridized carbons (Fsp3) is 0. The minimum Gasteiger partial charge on any atom is -0.288 e. The zero-order chi connectivity index (χ0) is 14.5. The number of benzene rings is 2. The molecule has 2 heteroatoms. The Kier molecular flexibility index (Phi) is 4.08. The maximum absolute atomic E-state index is 11.9. The predicted molar refractivity (Wildman–Crippen MR) is 89.6 cm³/mol. The first kappa shape index (κ1) is 13.5. The highest BCUT2D eigenvalue weighted by molar-refractivity contribution is 7.12. The van der Waals surface area contributed by atoms with Crippen LogP contribution in [0.2, 0.25) is 0 Å². The van der Waals surface area contributed by atoms with Crippen molar-refractivity contribution in [1.82, 2.24) is 0 Å². The summed E-state index contributed by atoms with van der Waals surface area (Å²) in [5.74, 6) is 0.0529. The highest BCUT2D eigenvalue weighted by Crippen LogP contribution is 2.20. The molecular formula is C19H14OS.